The zero-order chi connectivity index (χ0) is 19.9. The minimum Gasteiger partial charge on any atom is -0.378 e. The largest absolute Gasteiger partial charge is 0.378 e. The Hall–Kier alpha value is -3.25. The van der Waals surface area contributed by atoms with Gasteiger partial charge in [-0.2, -0.15) is 0 Å². The average molecular weight is 388 g/mol. The monoisotopic (exact) mass is 388 g/mol. The molecule has 148 valence electrons. The van der Waals surface area contributed by atoms with Crippen LogP contribution in [-0.2, 0) is 17.8 Å². The van der Waals surface area contributed by atoms with Crippen LogP contribution in [0.4, 0.5) is 5.82 Å². The van der Waals surface area contributed by atoms with Gasteiger partial charge in [-0.3, -0.25) is 4.79 Å². The van der Waals surface area contributed by atoms with Crippen molar-refractivity contribution >= 4 is 11.7 Å². The van der Waals surface area contributed by atoms with Gasteiger partial charge in [0.05, 0.1) is 13.2 Å². The van der Waals surface area contributed by atoms with Gasteiger partial charge in [0.25, 0.3) is 5.91 Å². The van der Waals surface area contributed by atoms with E-state index in [-0.39, 0.29) is 5.91 Å². The first-order valence-corrected chi connectivity index (χ1v) is 9.81. The van der Waals surface area contributed by atoms with Gasteiger partial charge in [-0.05, 0) is 11.1 Å². The molecule has 0 bridgehead atoms. The second kappa shape index (κ2) is 9.30. The minimum atomic E-state index is -0.102. The number of hydrogen-bond acceptors (Lipinski definition) is 5. The smallest absolute Gasteiger partial charge is 0.273 e. The van der Waals surface area contributed by atoms with Gasteiger partial charge in [-0.1, -0.05) is 60.7 Å². The molecule has 4 rings (SSSR count). The molecule has 6 heteroatoms. The molecule has 6 nitrogen and oxygen atoms in total. The molecular formula is C23H24N4O2. The van der Waals surface area contributed by atoms with Crippen molar-refractivity contribution in [3.8, 4) is 0 Å². The van der Waals surface area contributed by atoms with Crippen LogP contribution in [0.25, 0.3) is 0 Å². The van der Waals surface area contributed by atoms with Crippen molar-refractivity contribution in [3.05, 3.63) is 89.9 Å². The summed E-state index contributed by atoms with van der Waals surface area (Å²) >= 11 is 0. The van der Waals surface area contributed by atoms with Gasteiger partial charge in [0.15, 0.2) is 0 Å². The molecule has 29 heavy (non-hydrogen) atoms. The summed E-state index contributed by atoms with van der Waals surface area (Å²) in [4.78, 5) is 26.0. The van der Waals surface area contributed by atoms with Crippen LogP contribution in [0.15, 0.2) is 73.1 Å². The first-order valence-electron chi connectivity index (χ1n) is 9.81. The third kappa shape index (κ3) is 4.97. The van der Waals surface area contributed by atoms with Gasteiger partial charge in [0.2, 0.25) is 0 Å². The second-order valence-corrected chi connectivity index (χ2v) is 6.99. The number of anilines is 1. The van der Waals surface area contributed by atoms with Gasteiger partial charge in [-0.25, -0.2) is 9.97 Å². The van der Waals surface area contributed by atoms with E-state index in [9.17, 15) is 4.79 Å². The van der Waals surface area contributed by atoms with E-state index in [1.165, 1.54) is 6.33 Å². The predicted molar refractivity (Wildman–Crippen MR) is 112 cm³/mol. The fraction of sp³-hybridized carbons (Fsp3) is 0.261. The molecular weight excluding hydrogens is 364 g/mol. The van der Waals surface area contributed by atoms with E-state index in [0.717, 1.165) is 30.0 Å². The Kier molecular flexibility index (Phi) is 6.12. The van der Waals surface area contributed by atoms with Crippen LogP contribution in [0.3, 0.4) is 0 Å². The highest BCUT2D eigenvalue weighted by molar-refractivity contribution is 5.92. The quantitative estimate of drug-likeness (QED) is 0.649. The molecule has 0 spiro atoms. The number of aromatic nitrogens is 2. The topological polar surface area (TPSA) is 58.6 Å². The first kappa shape index (κ1) is 19.1. The van der Waals surface area contributed by atoms with Crippen molar-refractivity contribution in [2.75, 3.05) is 31.2 Å². The Bertz CT molecular complexity index is 886. The summed E-state index contributed by atoms with van der Waals surface area (Å²) < 4.78 is 5.41. The maximum atomic E-state index is 13.4. The van der Waals surface area contributed by atoms with E-state index in [1.807, 2.05) is 65.6 Å². The number of amides is 1. The molecule has 1 aromatic heterocycles. The van der Waals surface area contributed by atoms with Crippen molar-refractivity contribution < 1.29 is 9.53 Å². The average Bonchev–Trinajstić information content (AvgIpc) is 2.80. The van der Waals surface area contributed by atoms with Crippen molar-refractivity contribution in [2.24, 2.45) is 0 Å². The van der Waals surface area contributed by atoms with Crippen LogP contribution < -0.4 is 4.90 Å². The Morgan fingerprint density at radius 2 is 1.48 bits per heavy atom. The zero-order valence-corrected chi connectivity index (χ0v) is 16.3. The summed E-state index contributed by atoms with van der Waals surface area (Å²) in [6, 6.07) is 21.8. The SMILES string of the molecule is O=C(c1cc(N2CCOCC2)ncn1)N(Cc1ccccc1)Cc1ccccc1. The van der Waals surface area contributed by atoms with E-state index in [0.29, 0.717) is 32.0 Å². The number of morpholine rings is 1. The maximum Gasteiger partial charge on any atom is 0.273 e. The van der Waals surface area contributed by atoms with E-state index in [1.54, 1.807) is 6.07 Å². The number of hydrogen-bond donors (Lipinski definition) is 0. The summed E-state index contributed by atoms with van der Waals surface area (Å²) in [5.74, 6) is 0.667. The molecule has 2 heterocycles. The van der Waals surface area contributed by atoms with Crippen molar-refractivity contribution in [3.63, 3.8) is 0 Å². The van der Waals surface area contributed by atoms with Crippen molar-refractivity contribution in [1.29, 1.82) is 0 Å². The number of carbonyl (C=O) groups excluding carboxylic acids is 1. The molecule has 0 saturated carbocycles. The van der Waals surface area contributed by atoms with Gasteiger partial charge in [0, 0.05) is 32.2 Å². The van der Waals surface area contributed by atoms with Crippen LogP contribution in [0.1, 0.15) is 21.6 Å². The summed E-state index contributed by atoms with van der Waals surface area (Å²) in [6.45, 7) is 3.91. The van der Waals surface area contributed by atoms with Crippen LogP contribution in [0.2, 0.25) is 0 Å². The fourth-order valence-electron chi connectivity index (χ4n) is 3.40. The van der Waals surface area contributed by atoms with Crippen LogP contribution in [0.5, 0.6) is 0 Å². The van der Waals surface area contributed by atoms with E-state index >= 15 is 0 Å². The van der Waals surface area contributed by atoms with Crippen LogP contribution in [-0.4, -0.2) is 47.1 Å². The highest BCUT2D eigenvalue weighted by atomic mass is 16.5. The van der Waals surface area contributed by atoms with Gasteiger partial charge in [0.1, 0.15) is 17.8 Å². The summed E-state index contributed by atoms with van der Waals surface area (Å²) in [5.41, 5.74) is 2.58. The molecule has 1 amide bonds. The Morgan fingerprint density at radius 1 is 0.897 bits per heavy atom. The second-order valence-electron chi connectivity index (χ2n) is 6.99. The molecule has 0 N–H and O–H groups in total. The lowest BCUT2D eigenvalue weighted by atomic mass is 10.1. The minimum absolute atomic E-state index is 0.102. The lowest BCUT2D eigenvalue weighted by Gasteiger charge is -2.28. The number of rotatable bonds is 6. The molecule has 0 aliphatic carbocycles. The zero-order valence-electron chi connectivity index (χ0n) is 16.3. The third-order valence-electron chi connectivity index (χ3n) is 4.93. The normalized spacial score (nSPS) is 13.9. The third-order valence-corrected chi connectivity index (χ3v) is 4.93. The molecule has 2 aromatic carbocycles. The van der Waals surface area contributed by atoms with Crippen molar-refractivity contribution in [1.82, 2.24) is 14.9 Å². The molecule has 1 aliphatic rings. The highest BCUT2D eigenvalue weighted by Crippen LogP contribution is 2.17. The lowest BCUT2D eigenvalue weighted by Crippen LogP contribution is -2.37. The Balaban J connectivity index is 1.58. The van der Waals surface area contributed by atoms with Crippen LogP contribution >= 0.6 is 0 Å². The molecule has 1 saturated heterocycles. The molecule has 1 aliphatic heterocycles. The fourth-order valence-corrected chi connectivity index (χ4v) is 3.40. The van der Waals surface area contributed by atoms with Crippen molar-refractivity contribution in [2.45, 2.75) is 13.1 Å². The maximum absolute atomic E-state index is 13.4. The van der Waals surface area contributed by atoms with Gasteiger partial charge < -0.3 is 14.5 Å². The number of ether oxygens (including phenoxy) is 1. The number of nitrogens with zero attached hydrogens (tertiary/aromatic N) is 4. The molecule has 3 aromatic rings. The van der Waals surface area contributed by atoms with E-state index in [2.05, 4.69) is 14.9 Å². The molecule has 0 radical (unpaired) electrons. The predicted octanol–water partition coefficient (Wildman–Crippen LogP) is 3.16. The number of benzene rings is 2. The number of carbonyl (C=O) groups is 1. The summed E-state index contributed by atoms with van der Waals surface area (Å²) in [7, 11) is 0. The Labute approximate surface area is 170 Å². The summed E-state index contributed by atoms with van der Waals surface area (Å²) in [6.07, 6.45) is 1.47. The van der Waals surface area contributed by atoms with Crippen LogP contribution in [0, 0.1) is 0 Å². The highest BCUT2D eigenvalue weighted by Gasteiger charge is 2.20. The molecule has 0 atom stereocenters. The van der Waals surface area contributed by atoms with Gasteiger partial charge >= 0.3 is 0 Å². The standard InChI is InChI=1S/C23H24N4O2/c28-23(21-15-22(25-18-24-21)26-11-13-29-14-12-26)27(16-19-7-3-1-4-8-19)17-20-9-5-2-6-10-20/h1-10,15,18H,11-14,16-17H2. The molecule has 0 unspecified atom stereocenters. The lowest BCUT2D eigenvalue weighted by molar-refractivity contribution is 0.0724. The van der Waals surface area contributed by atoms with E-state index in [4.69, 9.17) is 4.74 Å². The first-order chi connectivity index (χ1) is 14.3. The molecule has 1 fully saturated rings. The van der Waals surface area contributed by atoms with Gasteiger partial charge in [-0.15, -0.1) is 0 Å². The Morgan fingerprint density at radius 3 is 2.07 bits per heavy atom. The summed E-state index contributed by atoms with van der Waals surface area (Å²) in [5, 5.41) is 0. The van der Waals surface area contributed by atoms with E-state index < -0.39 is 0 Å².